The van der Waals surface area contributed by atoms with Gasteiger partial charge in [0.25, 0.3) is 0 Å². The molecule has 0 saturated carbocycles. The number of benzene rings is 3. The third kappa shape index (κ3) is 7.48. The van der Waals surface area contributed by atoms with Crippen LogP contribution in [0.15, 0.2) is 54.6 Å². The van der Waals surface area contributed by atoms with Gasteiger partial charge in [0, 0.05) is 12.8 Å². The number of hydrogen-bond acceptors (Lipinski definition) is 6. The van der Waals surface area contributed by atoms with Crippen LogP contribution in [-0.2, 0) is 22.6 Å². The van der Waals surface area contributed by atoms with E-state index in [0.717, 1.165) is 34.7 Å². The zero-order chi connectivity index (χ0) is 23.6. The minimum atomic E-state index is -0.0559. The molecule has 6 heteroatoms. The number of phenols is 2. The van der Waals surface area contributed by atoms with E-state index in [1.54, 1.807) is 24.3 Å². The molecule has 3 aromatic rings. The van der Waals surface area contributed by atoms with Crippen LogP contribution in [0, 0.1) is 0 Å². The van der Waals surface area contributed by atoms with E-state index in [2.05, 4.69) is 12.2 Å². The van der Waals surface area contributed by atoms with Crippen molar-refractivity contribution in [3.63, 3.8) is 0 Å². The van der Waals surface area contributed by atoms with Gasteiger partial charge in [-0.2, -0.15) is 0 Å². The van der Waals surface area contributed by atoms with Crippen LogP contribution in [0.4, 0.5) is 0 Å². The smallest absolute Gasteiger partial charge is 0.161 e. The molecule has 3 rings (SSSR count). The van der Waals surface area contributed by atoms with Gasteiger partial charge in [-0.1, -0.05) is 37.6 Å². The molecule has 0 heterocycles. The van der Waals surface area contributed by atoms with Gasteiger partial charge in [-0.05, 0) is 72.1 Å². The first-order valence-electron chi connectivity index (χ1n) is 11.4. The van der Waals surface area contributed by atoms with Crippen LogP contribution in [-0.4, -0.2) is 35.9 Å². The topological polar surface area (TPSA) is 88.0 Å². The number of Topliss-reactive ketones (excluding diaryl/α,β-unsaturated/α-hetero) is 1. The van der Waals surface area contributed by atoms with Gasteiger partial charge in [-0.25, -0.2) is 0 Å². The van der Waals surface area contributed by atoms with E-state index in [9.17, 15) is 15.0 Å². The van der Waals surface area contributed by atoms with Gasteiger partial charge in [0.2, 0.25) is 0 Å². The second-order valence-corrected chi connectivity index (χ2v) is 8.27. The Hall–Kier alpha value is -3.09. The van der Waals surface area contributed by atoms with Crippen LogP contribution in [0.3, 0.4) is 0 Å². The van der Waals surface area contributed by atoms with Crippen LogP contribution in [0.5, 0.6) is 17.2 Å². The molecule has 0 saturated heterocycles. The van der Waals surface area contributed by atoms with Gasteiger partial charge in [0.05, 0.1) is 12.8 Å². The quantitative estimate of drug-likeness (QED) is 0.314. The Morgan fingerprint density at radius 2 is 1.76 bits per heavy atom. The molecule has 3 aromatic carbocycles. The lowest BCUT2D eigenvalue weighted by Crippen LogP contribution is -2.23. The molecule has 0 aliphatic heterocycles. The molecule has 0 aliphatic carbocycles. The summed E-state index contributed by atoms with van der Waals surface area (Å²) < 4.78 is 11.6. The number of phenolic OH excluding ortho intramolecular Hbond substituents is 2. The number of nitrogens with one attached hydrogen (secondary N) is 1. The highest BCUT2D eigenvalue weighted by atomic mass is 16.5. The van der Waals surface area contributed by atoms with E-state index in [1.807, 2.05) is 37.4 Å². The fraction of sp³-hybridized carbons (Fsp3) is 0.370. The van der Waals surface area contributed by atoms with E-state index < -0.39 is 0 Å². The lowest BCUT2D eigenvalue weighted by Gasteiger charge is -2.16. The van der Waals surface area contributed by atoms with Crippen molar-refractivity contribution in [3.8, 4) is 17.2 Å². The minimum absolute atomic E-state index is 0.0559. The number of fused-ring (bicyclic) bond motifs is 1. The summed E-state index contributed by atoms with van der Waals surface area (Å²) in [5.74, 6) is 0.867. The molecule has 0 spiro atoms. The first-order valence-corrected chi connectivity index (χ1v) is 11.4. The summed E-state index contributed by atoms with van der Waals surface area (Å²) in [5.41, 5.74) is 1.89. The minimum Gasteiger partial charge on any atom is -0.508 e. The summed E-state index contributed by atoms with van der Waals surface area (Å²) in [4.78, 5) is 12.5. The van der Waals surface area contributed by atoms with Crippen molar-refractivity contribution < 1.29 is 24.5 Å². The number of aromatic hydroxyl groups is 2. The van der Waals surface area contributed by atoms with E-state index in [-0.39, 0.29) is 23.4 Å². The molecule has 0 radical (unpaired) electrons. The van der Waals surface area contributed by atoms with Gasteiger partial charge in [0.1, 0.15) is 18.1 Å². The molecular weight excluding hydrogens is 418 g/mol. The second kappa shape index (κ2) is 12.2. The van der Waals surface area contributed by atoms with E-state index in [0.29, 0.717) is 38.3 Å². The fourth-order valence-electron chi connectivity index (χ4n) is 3.77. The van der Waals surface area contributed by atoms with Crippen molar-refractivity contribution in [3.05, 3.63) is 65.7 Å². The Bertz CT molecular complexity index is 1070. The van der Waals surface area contributed by atoms with Crippen LogP contribution in [0.2, 0.25) is 0 Å². The Labute approximate surface area is 195 Å². The highest BCUT2D eigenvalue weighted by molar-refractivity contribution is 5.84. The summed E-state index contributed by atoms with van der Waals surface area (Å²) in [7, 11) is 1.82. The first-order chi connectivity index (χ1) is 16.0. The molecule has 1 atom stereocenters. The van der Waals surface area contributed by atoms with Gasteiger partial charge in [0.15, 0.2) is 11.5 Å². The number of carbonyl (C=O) groups is 1. The van der Waals surface area contributed by atoms with Crippen molar-refractivity contribution >= 4 is 16.6 Å². The molecule has 0 unspecified atom stereocenters. The van der Waals surface area contributed by atoms with Crippen LogP contribution >= 0.6 is 0 Å². The Balaban J connectivity index is 1.56. The number of hydrogen-bond donors (Lipinski definition) is 3. The molecule has 6 nitrogen and oxygen atoms in total. The van der Waals surface area contributed by atoms with E-state index >= 15 is 0 Å². The normalized spacial score (nSPS) is 12.1. The summed E-state index contributed by atoms with van der Waals surface area (Å²) in [6, 6.07) is 16.3. The molecule has 0 aliphatic rings. The summed E-state index contributed by atoms with van der Waals surface area (Å²) in [6.07, 6.45) is 3.20. The van der Waals surface area contributed by atoms with Gasteiger partial charge in [-0.15, -0.1) is 0 Å². The molecule has 0 aromatic heterocycles. The van der Waals surface area contributed by atoms with E-state index in [4.69, 9.17) is 9.47 Å². The van der Waals surface area contributed by atoms with Crippen molar-refractivity contribution in [1.29, 1.82) is 0 Å². The molecule has 3 N–H and O–H groups in total. The highest BCUT2D eigenvalue weighted by Gasteiger charge is 2.14. The highest BCUT2D eigenvalue weighted by Crippen LogP contribution is 2.29. The maximum Gasteiger partial charge on any atom is 0.161 e. The number of aryl methyl sites for hydroxylation is 1. The molecule has 0 amide bonds. The van der Waals surface area contributed by atoms with Crippen LogP contribution in [0.1, 0.15) is 43.7 Å². The number of carbonyl (C=O) groups excluding carboxylic acids is 1. The predicted molar refractivity (Wildman–Crippen MR) is 130 cm³/mol. The first kappa shape index (κ1) is 24.6. The zero-order valence-electron chi connectivity index (χ0n) is 19.3. The molecule has 176 valence electrons. The average Bonchev–Trinajstić information content (AvgIpc) is 2.81. The lowest BCUT2D eigenvalue weighted by molar-refractivity contribution is -0.122. The third-order valence-corrected chi connectivity index (χ3v) is 5.53. The molecule has 0 bridgehead atoms. The van der Waals surface area contributed by atoms with E-state index in [1.165, 1.54) is 0 Å². The fourth-order valence-corrected chi connectivity index (χ4v) is 3.77. The van der Waals surface area contributed by atoms with Crippen molar-refractivity contribution in [2.45, 2.75) is 51.7 Å². The van der Waals surface area contributed by atoms with Crippen molar-refractivity contribution in [2.24, 2.45) is 0 Å². The molecule has 33 heavy (non-hydrogen) atoms. The summed E-state index contributed by atoms with van der Waals surface area (Å²) in [5, 5.41) is 24.7. The Morgan fingerprint density at radius 3 is 2.55 bits per heavy atom. The lowest BCUT2D eigenvalue weighted by atomic mass is 10.0. The average molecular weight is 452 g/mol. The maximum absolute atomic E-state index is 12.5. The largest absolute Gasteiger partial charge is 0.508 e. The third-order valence-electron chi connectivity index (χ3n) is 5.53. The van der Waals surface area contributed by atoms with Crippen molar-refractivity contribution in [1.82, 2.24) is 5.32 Å². The number of ketones is 1. The molecule has 0 fully saturated rings. The summed E-state index contributed by atoms with van der Waals surface area (Å²) in [6.45, 7) is 2.82. The van der Waals surface area contributed by atoms with Crippen LogP contribution < -0.4 is 10.1 Å². The number of ether oxygens (including phenoxy) is 2. The Morgan fingerprint density at radius 1 is 1.00 bits per heavy atom. The maximum atomic E-state index is 12.5. The zero-order valence-corrected chi connectivity index (χ0v) is 19.3. The van der Waals surface area contributed by atoms with Gasteiger partial charge >= 0.3 is 0 Å². The monoisotopic (exact) mass is 451 g/mol. The molecular formula is C27H33NO5. The standard InChI is InChI=1S/C27H33NO5/c1-3-4-25(33-18-28-2)16-24(30)10-6-19-7-12-26(31)27(14-19)32-17-20-5-8-22-15-23(29)11-9-21(22)13-20/h5,7-9,11-15,25,28-29,31H,3-4,6,10,16-18H2,1-2H3/t25-/m1/s1. The van der Waals surface area contributed by atoms with Crippen LogP contribution in [0.25, 0.3) is 10.8 Å². The second-order valence-electron chi connectivity index (χ2n) is 8.27. The van der Waals surface area contributed by atoms with Crippen molar-refractivity contribution in [2.75, 3.05) is 13.8 Å². The predicted octanol–water partition coefficient (Wildman–Crippen LogP) is 5.08. The summed E-state index contributed by atoms with van der Waals surface area (Å²) >= 11 is 0. The van der Waals surface area contributed by atoms with Gasteiger partial charge in [-0.3, -0.25) is 10.1 Å². The van der Waals surface area contributed by atoms with Gasteiger partial charge < -0.3 is 19.7 Å². The number of rotatable bonds is 13. The Kier molecular flexibility index (Phi) is 9.10. The SMILES string of the molecule is CCC[C@H](CC(=O)CCc1ccc(O)c(OCc2ccc3cc(O)ccc3c2)c1)OCNC.